The molecule has 0 amide bonds. The Bertz CT molecular complexity index is 4080. The van der Waals surface area contributed by atoms with Crippen molar-refractivity contribution in [2.45, 2.75) is 0 Å². The third kappa shape index (κ3) is 4.34. The van der Waals surface area contributed by atoms with E-state index in [4.69, 9.17) is 9.97 Å². The number of rotatable bonds is 3. The zero-order valence-electron chi connectivity index (χ0n) is 32.8. The Morgan fingerprint density at radius 2 is 0.607 bits per heavy atom. The summed E-state index contributed by atoms with van der Waals surface area (Å²) in [7, 11) is 0. The van der Waals surface area contributed by atoms with Crippen LogP contribution in [0.15, 0.2) is 200 Å². The first-order valence-electron chi connectivity index (χ1n) is 20.9. The summed E-state index contributed by atoms with van der Waals surface area (Å²) in [6.45, 7) is 0. The molecule has 0 saturated heterocycles. The van der Waals surface area contributed by atoms with Crippen molar-refractivity contribution in [2.75, 3.05) is 0 Å². The minimum atomic E-state index is 0.860. The highest BCUT2D eigenvalue weighted by Crippen LogP contribution is 2.50. The van der Waals surface area contributed by atoms with E-state index in [0.29, 0.717) is 0 Å². The van der Waals surface area contributed by atoms with Crippen LogP contribution in [0.2, 0.25) is 0 Å². The van der Waals surface area contributed by atoms with E-state index in [1.807, 2.05) is 0 Å². The van der Waals surface area contributed by atoms with E-state index in [9.17, 15) is 0 Å². The van der Waals surface area contributed by atoms with E-state index < -0.39 is 0 Å². The van der Waals surface area contributed by atoms with Crippen LogP contribution in [0.3, 0.4) is 0 Å². The van der Waals surface area contributed by atoms with Gasteiger partial charge in [-0.25, -0.2) is 9.97 Å². The van der Waals surface area contributed by atoms with Gasteiger partial charge in [0, 0.05) is 60.2 Å². The van der Waals surface area contributed by atoms with Crippen molar-refractivity contribution in [1.82, 2.24) is 23.7 Å². The first kappa shape index (κ1) is 32.7. The van der Waals surface area contributed by atoms with Crippen molar-refractivity contribution >= 4 is 109 Å². The second kappa shape index (κ2) is 12.1. The Morgan fingerprint density at radius 3 is 1.05 bits per heavy atom. The lowest BCUT2D eigenvalue weighted by atomic mass is 9.99. The first-order valence-corrected chi connectivity index (χ1v) is 20.9. The summed E-state index contributed by atoms with van der Waals surface area (Å²) >= 11 is 0. The van der Waals surface area contributed by atoms with Crippen molar-refractivity contribution in [3.05, 3.63) is 200 Å². The van der Waals surface area contributed by atoms with Gasteiger partial charge in [-0.05, 0) is 71.4 Å². The summed E-state index contributed by atoms with van der Waals surface area (Å²) in [5.74, 6) is 0. The molecule has 0 atom stereocenters. The van der Waals surface area contributed by atoms with E-state index in [2.05, 4.69) is 214 Å². The van der Waals surface area contributed by atoms with Gasteiger partial charge in [0.05, 0.1) is 55.2 Å². The number of hydrogen-bond donors (Lipinski definition) is 0. The minimum Gasteiger partial charge on any atom is -0.308 e. The van der Waals surface area contributed by atoms with E-state index in [-0.39, 0.29) is 0 Å². The normalized spacial score (nSPS) is 12.3. The van der Waals surface area contributed by atoms with Gasteiger partial charge in [0.25, 0.3) is 0 Å². The fourth-order valence-electron chi connectivity index (χ4n) is 10.5. The van der Waals surface area contributed by atoms with Crippen LogP contribution in [-0.2, 0) is 0 Å². The molecule has 0 unspecified atom stereocenters. The Labute approximate surface area is 348 Å². The van der Waals surface area contributed by atoms with Crippen LogP contribution in [0, 0.1) is 0 Å². The molecule has 282 valence electrons. The number of aromatic nitrogens is 5. The summed E-state index contributed by atoms with van der Waals surface area (Å²) in [5, 5.41) is 11.9. The Hall–Kier alpha value is -8.28. The molecule has 4 aromatic heterocycles. The van der Waals surface area contributed by atoms with Crippen LogP contribution in [0.5, 0.6) is 0 Å². The highest BCUT2D eigenvalue weighted by atomic mass is 15.0. The fraction of sp³-hybridized carbons (Fsp3) is 0. The third-order valence-corrected chi connectivity index (χ3v) is 12.9. The number of nitrogens with zero attached hydrogens (tertiary/aromatic N) is 5. The number of fused-ring (bicyclic) bond motifs is 19. The van der Waals surface area contributed by atoms with E-state index in [0.717, 1.165) is 55.4 Å². The zero-order valence-corrected chi connectivity index (χ0v) is 32.8. The molecule has 14 rings (SSSR count). The maximum Gasteiger partial charge on any atom is 0.0979 e. The lowest BCUT2D eigenvalue weighted by molar-refractivity contribution is 1.17. The molecular formula is C56H33N5. The maximum atomic E-state index is 5.49. The first-order chi connectivity index (χ1) is 30.3. The molecule has 14 aromatic rings. The molecule has 0 saturated carbocycles. The third-order valence-electron chi connectivity index (χ3n) is 12.9. The molecule has 0 spiro atoms. The molecule has 0 bridgehead atoms. The Kier molecular flexibility index (Phi) is 6.49. The molecule has 4 heterocycles. The highest BCUT2D eigenvalue weighted by molar-refractivity contribution is 6.40. The van der Waals surface area contributed by atoms with Gasteiger partial charge in [0.2, 0.25) is 0 Å². The summed E-state index contributed by atoms with van der Waals surface area (Å²) in [4.78, 5) is 10.9. The molecule has 10 aromatic carbocycles. The van der Waals surface area contributed by atoms with Gasteiger partial charge in [-0.3, -0.25) is 0 Å². The Morgan fingerprint density at radius 1 is 0.262 bits per heavy atom. The number of benzene rings is 10. The summed E-state index contributed by atoms with van der Waals surface area (Å²) in [6, 6.07) is 72.2. The SMILES string of the molecule is c1ccc(-n2c3ccccc3c3c2c2c4ccccc4n(-c4ccc5nc6c7ccccc7c7ccccc7c6nc5c4)c2c2c4ccccc4n(-c4ccccc4)c32)cc1. The van der Waals surface area contributed by atoms with E-state index in [1.165, 1.54) is 70.7 Å². The van der Waals surface area contributed by atoms with Gasteiger partial charge in [-0.1, -0.05) is 140 Å². The molecule has 0 aliphatic rings. The minimum absolute atomic E-state index is 0.860. The van der Waals surface area contributed by atoms with Gasteiger partial charge in [-0.2, -0.15) is 0 Å². The van der Waals surface area contributed by atoms with Gasteiger partial charge >= 0.3 is 0 Å². The highest BCUT2D eigenvalue weighted by Gasteiger charge is 2.29. The predicted molar refractivity (Wildman–Crippen MR) is 255 cm³/mol. The lowest BCUT2D eigenvalue weighted by Gasteiger charge is -2.14. The quantitative estimate of drug-likeness (QED) is 0.132. The van der Waals surface area contributed by atoms with Crippen LogP contribution in [0.4, 0.5) is 0 Å². The summed E-state index contributed by atoms with van der Waals surface area (Å²) in [6.07, 6.45) is 0. The second-order valence-electron chi connectivity index (χ2n) is 16.1. The topological polar surface area (TPSA) is 40.6 Å². The van der Waals surface area contributed by atoms with Crippen LogP contribution < -0.4 is 0 Å². The van der Waals surface area contributed by atoms with Crippen LogP contribution >= 0.6 is 0 Å². The Balaban J connectivity index is 1.22. The van der Waals surface area contributed by atoms with E-state index >= 15 is 0 Å². The average molecular weight is 776 g/mol. The zero-order chi connectivity index (χ0) is 39.8. The van der Waals surface area contributed by atoms with Crippen LogP contribution in [0.1, 0.15) is 0 Å². The number of hydrogen-bond acceptors (Lipinski definition) is 2. The molecular weight excluding hydrogens is 743 g/mol. The predicted octanol–water partition coefficient (Wildman–Crippen LogP) is 14.4. The monoisotopic (exact) mass is 775 g/mol. The number of para-hydroxylation sites is 5. The van der Waals surface area contributed by atoms with Crippen molar-refractivity contribution in [1.29, 1.82) is 0 Å². The second-order valence-corrected chi connectivity index (χ2v) is 16.1. The van der Waals surface area contributed by atoms with Crippen LogP contribution in [0.25, 0.3) is 126 Å². The van der Waals surface area contributed by atoms with Crippen molar-refractivity contribution < 1.29 is 0 Å². The van der Waals surface area contributed by atoms with Gasteiger partial charge in [-0.15, -0.1) is 0 Å². The molecule has 0 aliphatic carbocycles. The molecule has 5 nitrogen and oxygen atoms in total. The lowest BCUT2D eigenvalue weighted by Crippen LogP contribution is -1.98. The molecule has 0 fully saturated rings. The van der Waals surface area contributed by atoms with E-state index in [1.54, 1.807) is 0 Å². The van der Waals surface area contributed by atoms with Gasteiger partial charge in [0.1, 0.15) is 0 Å². The molecule has 0 radical (unpaired) electrons. The standard InChI is InChI=1S/C56H33N5/c1-3-17-34(18-4-1)59-46-28-14-11-25-41(46)49-54-50(42-26-12-15-29-47(42)60(54)35-19-5-2-6-20-35)56-51(55(49)59)43-27-13-16-30-48(43)61(56)36-31-32-44-45(33-36)58-53-40-24-10-8-22-38(40)37-21-7-9-23-39(37)52(53)57-44/h1-33H. The average Bonchev–Trinajstić information content (AvgIpc) is 3.98. The maximum absolute atomic E-state index is 5.49. The molecule has 0 aliphatic heterocycles. The molecule has 61 heavy (non-hydrogen) atoms. The van der Waals surface area contributed by atoms with Crippen molar-refractivity contribution in [3.63, 3.8) is 0 Å². The largest absolute Gasteiger partial charge is 0.308 e. The van der Waals surface area contributed by atoms with Crippen molar-refractivity contribution in [2.24, 2.45) is 0 Å². The van der Waals surface area contributed by atoms with Gasteiger partial charge < -0.3 is 13.7 Å². The summed E-state index contributed by atoms with van der Waals surface area (Å²) < 4.78 is 7.47. The van der Waals surface area contributed by atoms with Crippen LogP contribution in [-0.4, -0.2) is 23.7 Å². The van der Waals surface area contributed by atoms with Gasteiger partial charge in [0.15, 0.2) is 0 Å². The molecule has 0 N–H and O–H groups in total. The smallest absolute Gasteiger partial charge is 0.0979 e. The fourth-order valence-corrected chi connectivity index (χ4v) is 10.5. The van der Waals surface area contributed by atoms with Crippen molar-refractivity contribution in [3.8, 4) is 17.1 Å². The molecule has 5 heteroatoms. The summed E-state index contributed by atoms with van der Waals surface area (Å²) in [5.41, 5.74) is 13.9.